The Morgan fingerprint density at radius 2 is 2.14 bits per heavy atom. The predicted molar refractivity (Wildman–Crippen MR) is 136 cm³/mol. The zero-order valence-corrected chi connectivity index (χ0v) is 20.4. The van der Waals surface area contributed by atoms with Gasteiger partial charge in [0.05, 0.1) is 12.9 Å². The molecule has 1 aliphatic carbocycles. The molecule has 8 nitrogen and oxygen atoms in total. The van der Waals surface area contributed by atoms with Crippen molar-refractivity contribution >= 4 is 22.6 Å². The minimum atomic E-state index is -0.285. The molecule has 3 heterocycles. The minimum absolute atomic E-state index is 0.0303. The summed E-state index contributed by atoms with van der Waals surface area (Å²) in [5.74, 6) is 1.66. The Kier molecular flexibility index (Phi) is 6.20. The summed E-state index contributed by atoms with van der Waals surface area (Å²) >= 11 is 0. The molecule has 1 aliphatic heterocycles. The van der Waals surface area contributed by atoms with Crippen LogP contribution in [0.15, 0.2) is 35.4 Å². The Labute approximate surface area is 205 Å². The van der Waals surface area contributed by atoms with Gasteiger partial charge in [-0.15, -0.1) is 0 Å². The van der Waals surface area contributed by atoms with Crippen molar-refractivity contribution in [2.24, 2.45) is 17.6 Å². The van der Waals surface area contributed by atoms with Gasteiger partial charge in [0.25, 0.3) is 5.56 Å². The van der Waals surface area contributed by atoms with Gasteiger partial charge in [0, 0.05) is 31.2 Å². The average Bonchev–Trinajstić information content (AvgIpc) is 3.46. The Morgan fingerprint density at radius 3 is 2.83 bits per heavy atom. The highest BCUT2D eigenvalue weighted by Crippen LogP contribution is 2.42. The fourth-order valence-electron chi connectivity index (χ4n) is 5.27. The number of benzene rings is 1. The molecule has 1 saturated heterocycles. The van der Waals surface area contributed by atoms with Gasteiger partial charge in [-0.2, -0.15) is 5.26 Å². The maximum Gasteiger partial charge on any atom is 0.278 e. The summed E-state index contributed by atoms with van der Waals surface area (Å²) in [6.07, 6.45) is 5.23. The fraction of sp³-hybridized carbons (Fsp3) is 0.481. The maximum absolute atomic E-state index is 13.7. The average molecular weight is 473 g/mol. The van der Waals surface area contributed by atoms with Crippen molar-refractivity contribution in [3.05, 3.63) is 57.6 Å². The van der Waals surface area contributed by atoms with Gasteiger partial charge in [-0.3, -0.25) is 14.2 Å². The summed E-state index contributed by atoms with van der Waals surface area (Å²) in [5, 5.41) is 10.1. The molecule has 2 fully saturated rings. The number of carbonyl (C=O) groups is 1. The number of fused-ring (bicyclic) bond motifs is 1. The standard InChI is InChI=1S/C27H32N6O2/c1-3-18-6-4-7-19(11-18)23(34)15-32-16-30-24-22(12-28)26(31-9-5-8-21(29)14-31)33(25(24)27(32)35)13-20-10-17(20)2/h4,6-7,11,16-17,20-21H,3,5,8-10,13-15,29H2,1-2H3/t17-,20+,21+/m0/s1. The number of rotatable bonds is 7. The number of hydrogen-bond donors (Lipinski definition) is 1. The summed E-state index contributed by atoms with van der Waals surface area (Å²) in [6.45, 7) is 6.25. The van der Waals surface area contributed by atoms with Crippen LogP contribution in [0.4, 0.5) is 5.82 Å². The van der Waals surface area contributed by atoms with Crippen LogP contribution in [0.25, 0.3) is 11.0 Å². The van der Waals surface area contributed by atoms with E-state index in [4.69, 9.17) is 5.73 Å². The number of aromatic nitrogens is 3. The first kappa shape index (κ1) is 23.3. The molecule has 182 valence electrons. The van der Waals surface area contributed by atoms with Crippen molar-refractivity contribution in [3.8, 4) is 6.07 Å². The van der Waals surface area contributed by atoms with Crippen LogP contribution < -0.4 is 16.2 Å². The molecule has 35 heavy (non-hydrogen) atoms. The zero-order valence-electron chi connectivity index (χ0n) is 20.4. The summed E-state index contributed by atoms with van der Waals surface area (Å²) in [4.78, 5) is 33.5. The Morgan fingerprint density at radius 1 is 1.34 bits per heavy atom. The number of aryl methyl sites for hydroxylation is 1. The quantitative estimate of drug-likeness (QED) is 0.529. The highest BCUT2D eigenvalue weighted by molar-refractivity contribution is 5.96. The van der Waals surface area contributed by atoms with Gasteiger partial charge >= 0.3 is 0 Å². The second-order valence-corrected chi connectivity index (χ2v) is 10.1. The van der Waals surface area contributed by atoms with Gasteiger partial charge in [0.1, 0.15) is 28.5 Å². The smallest absolute Gasteiger partial charge is 0.278 e. The van der Waals surface area contributed by atoms with E-state index in [1.807, 2.05) is 29.7 Å². The second-order valence-electron chi connectivity index (χ2n) is 10.1. The molecule has 0 bridgehead atoms. The van der Waals surface area contributed by atoms with E-state index in [1.165, 1.54) is 10.9 Å². The minimum Gasteiger partial charge on any atom is -0.355 e. The van der Waals surface area contributed by atoms with Gasteiger partial charge in [0.2, 0.25) is 0 Å². The zero-order chi connectivity index (χ0) is 24.7. The topological polar surface area (TPSA) is 110 Å². The molecule has 0 radical (unpaired) electrons. The first-order valence-corrected chi connectivity index (χ1v) is 12.6. The van der Waals surface area contributed by atoms with Crippen LogP contribution in [0.1, 0.15) is 54.6 Å². The van der Waals surface area contributed by atoms with E-state index in [0.29, 0.717) is 47.1 Å². The van der Waals surface area contributed by atoms with Crippen LogP contribution >= 0.6 is 0 Å². The highest BCUT2D eigenvalue weighted by Gasteiger charge is 2.36. The lowest BCUT2D eigenvalue weighted by atomic mass is 10.1. The normalized spacial score (nSPS) is 21.8. The number of ketones is 1. The molecule has 0 unspecified atom stereocenters. The van der Waals surface area contributed by atoms with E-state index in [2.05, 4.69) is 22.9 Å². The van der Waals surface area contributed by atoms with E-state index < -0.39 is 0 Å². The number of nitriles is 1. The first-order valence-electron chi connectivity index (χ1n) is 12.6. The lowest BCUT2D eigenvalue weighted by Crippen LogP contribution is -2.44. The highest BCUT2D eigenvalue weighted by atomic mass is 16.1. The predicted octanol–water partition coefficient (Wildman–Crippen LogP) is 3.10. The molecule has 5 rings (SSSR count). The van der Waals surface area contributed by atoms with E-state index in [0.717, 1.165) is 43.6 Å². The van der Waals surface area contributed by atoms with Gasteiger partial charge in [0.15, 0.2) is 5.78 Å². The van der Waals surface area contributed by atoms with Crippen molar-refractivity contribution in [3.63, 3.8) is 0 Å². The SMILES string of the molecule is CCc1cccc(C(=O)Cn2cnc3c(C#N)c(N4CCC[C@@H](N)C4)n(C[C@H]4C[C@@H]4C)c3c2=O)c1. The summed E-state index contributed by atoms with van der Waals surface area (Å²) < 4.78 is 3.37. The monoisotopic (exact) mass is 472 g/mol. The number of carbonyl (C=O) groups excluding carboxylic acids is 1. The third-order valence-electron chi connectivity index (χ3n) is 7.53. The molecule has 3 atom stereocenters. The number of nitrogens with zero attached hydrogens (tertiary/aromatic N) is 5. The molecule has 3 aromatic rings. The molecule has 0 amide bonds. The molecule has 1 aromatic carbocycles. The van der Waals surface area contributed by atoms with Crippen LogP contribution in [-0.4, -0.2) is 39.0 Å². The molecular weight excluding hydrogens is 440 g/mol. The molecule has 2 aliphatic rings. The number of hydrogen-bond acceptors (Lipinski definition) is 6. The second kappa shape index (κ2) is 9.31. The maximum atomic E-state index is 13.7. The Balaban J connectivity index is 1.60. The van der Waals surface area contributed by atoms with Gasteiger partial charge in [-0.05, 0) is 49.1 Å². The summed E-state index contributed by atoms with van der Waals surface area (Å²) in [7, 11) is 0. The summed E-state index contributed by atoms with van der Waals surface area (Å²) in [6, 6.07) is 9.86. The van der Waals surface area contributed by atoms with Crippen molar-refractivity contribution < 1.29 is 4.79 Å². The van der Waals surface area contributed by atoms with E-state index in [1.54, 1.807) is 6.07 Å². The number of nitrogens with two attached hydrogens (primary N) is 1. The van der Waals surface area contributed by atoms with Crippen LogP contribution in [0.5, 0.6) is 0 Å². The fourth-order valence-corrected chi connectivity index (χ4v) is 5.27. The van der Waals surface area contributed by atoms with Gasteiger partial charge in [-0.1, -0.05) is 32.0 Å². The van der Waals surface area contributed by atoms with E-state index >= 15 is 0 Å². The van der Waals surface area contributed by atoms with Crippen LogP contribution in [0.3, 0.4) is 0 Å². The Hall–Kier alpha value is -3.44. The molecule has 2 aromatic heterocycles. The van der Waals surface area contributed by atoms with Crippen LogP contribution in [0, 0.1) is 23.2 Å². The van der Waals surface area contributed by atoms with Crippen LogP contribution in [0.2, 0.25) is 0 Å². The summed E-state index contributed by atoms with van der Waals surface area (Å²) in [5.41, 5.74) is 8.89. The van der Waals surface area contributed by atoms with Crippen molar-refractivity contribution in [2.45, 2.75) is 58.7 Å². The molecule has 8 heteroatoms. The molecule has 1 saturated carbocycles. The van der Waals surface area contributed by atoms with Crippen molar-refractivity contribution in [2.75, 3.05) is 18.0 Å². The van der Waals surface area contributed by atoms with E-state index in [-0.39, 0.29) is 23.9 Å². The van der Waals surface area contributed by atoms with Gasteiger partial charge in [-0.25, -0.2) is 4.98 Å². The van der Waals surface area contributed by atoms with Crippen molar-refractivity contribution in [1.29, 1.82) is 5.26 Å². The van der Waals surface area contributed by atoms with Gasteiger partial charge < -0.3 is 15.2 Å². The molecular formula is C27H32N6O2. The van der Waals surface area contributed by atoms with Crippen LogP contribution in [-0.2, 0) is 19.5 Å². The number of Topliss-reactive ketones (excluding diaryl/α,β-unsaturated/α-hetero) is 1. The largest absolute Gasteiger partial charge is 0.355 e. The third kappa shape index (κ3) is 4.37. The Bertz CT molecular complexity index is 1380. The number of piperidine rings is 1. The molecule has 2 N–H and O–H groups in total. The van der Waals surface area contributed by atoms with E-state index in [9.17, 15) is 14.9 Å². The van der Waals surface area contributed by atoms with Crippen molar-refractivity contribution in [1.82, 2.24) is 14.1 Å². The lowest BCUT2D eigenvalue weighted by molar-refractivity contribution is 0.0970. The third-order valence-corrected chi connectivity index (χ3v) is 7.53. The lowest BCUT2D eigenvalue weighted by Gasteiger charge is -2.33. The molecule has 0 spiro atoms. The first-order chi connectivity index (χ1) is 16.9. The number of anilines is 1.